The van der Waals surface area contributed by atoms with E-state index >= 15 is 0 Å². The van der Waals surface area contributed by atoms with Crippen molar-refractivity contribution in [2.75, 3.05) is 13.2 Å². The van der Waals surface area contributed by atoms with Crippen molar-refractivity contribution in [3.05, 3.63) is 77.1 Å². The number of pyridine rings is 1. The summed E-state index contributed by atoms with van der Waals surface area (Å²) in [6.45, 7) is -1.13. The van der Waals surface area contributed by atoms with E-state index in [1.165, 1.54) is 12.1 Å². The number of carbonyl (C=O) groups excluding carboxylic acids is 1. The van der Waals surface area contributed by atoms with Gasteiger partial charge in [0.25, 0.3) is 0 Å². The lowest BCUT2D eigenvalue weighted by molar-refractivity contribution is -0.113. The number of sulfonamides is 1. The van der Waals surface area contributed by atoms with Gasteiger partial charge in [0, 0.05) is 47.2 Å². The van der Waals surface area contributed by atoms with Crippen molar-refractivity contribution in [1.29, 1.82) is 0 Å². The molecule has 0 unspecified atom stereocenters. The van der Waals surface area contributed by atoms with E-state index < -0.39 is 59.2 Å². The average molecular weight is 775 g/mol. The first-order chi connectivity index (χ1) is 25.4. The van der Waals surface area contributed by atoms with Gasteiger partial charge in [-0.3, -0.25) is 4.98 Å². The maximum atomic E-state index is 13.5. The molecular weight excluding hydrogens is 728 g/mol. The summed E-state index contributed by atoms with van der Waals surface area (Å²) in [4.78, 5) is 16.9. The van der Waals surface area contributed by atoms with Crippen LogP contribution in [0.2, 0.25) is 5.02 Å². The summed E-state index contributed by atoms with van der Waals surface area (Å²) in [5.74, 6) is 0.825. The van der Waals surface area contributed by atoms with Gasteiger partial charge in [-0.05, 0) is 92.8 Å². The van der Waals surface area contributed by atoms with Gasteiger partial charge in [0.15, 0.2) is 0 Å². The zero-order valence-electron chi connectivity index (χ0n) is 29.1. The summed E-state index contributed by atoms with van der Waals surface area (Å²) in [5.41, 5.74) is 2.85. The number of amides is 2. The minimum absolute atomic E-state index is 0.0653. The number of para-hydroxylation sites is 1. The van der Waals surface area contributed by atoms with Crippen LogP contribution in [0, 0.1) is 0 Å². The van der Waals surface area contributed by atoms with Crippen molar-refractivity contribution >= 4 is 27.7 Å². The molecule has 6 rings (SSSR count). The van der Waals surface area contributed by atoms with E-state index in [2.05, 4.69) is 20.3 Å². The van der Waals surface area contributed by atoms with Crippen LogP contribution in [0.15, 0.2) is 65.8 Å². The second-order valence-electron chi connectivity index (χ2n) is 14.1. The molecule has 3 aliphatic carbocycles. The molecule has 3 aromatic rings. The van der Waals surface area contributed by atoms with Crippen molar-refractivity contribution in [1.82, 2.24) is 20.3 Å². The highest BCUT2D eigenvalue weighted by Crippen LogP contribution is 2.53. The van der Waals surface area contributed by atoms with Crippen molar-refractivity contribution < 1.29 is 48.2 Å². The van der Waals surface area contributed by atoms with Crippen LogP contribution in [0.1, 0.15) is 62.5 Å². The molecule has 3 saturated carbocycles. The highest BCUT2D eigenvalue weighted by Gasteiger charge is 2.48. The van der Waals surface area contributed by atoms with E-state index in [1.807, 2.05) is 36.5 Å². The predicted molar refractivity (Wildman–Crippen MR) is 194 cm³/mol. The molecule has 0 spiro atoms. The van der Waals surface area contributed by atoms with Crippen molar-refractivity contribution in [2.24, 2.45) is 0 Å². The molecule has 16 heteroatoms. The van der Waals surface area contributed by atoms with Gasteiger partial charge in [0.05, 0.1) is 35.9 Å². The molecule has 4 atom stereocenters. The fourth-order valence-electron chi connectivity index (χ4n) is 6.56. The summed E-state index contributed by atoms with van der Waals surface area (Å²) in [6.07, 6.45) is 2.55. The smallest absolute Gasteiger partial charge is 0.315 e. The van der Waals surface area contributed by atoms with Crippen LogP contribution in [-0.4, -0.2) is 101 Å². The minimum Gasteiger partial charge on any atom is -0.490 e. The number of carbonyl (C=O) groups is 1. The molecule has 3 fully saturated rings. The van der Waals surface area contributed by atoms with Crippen LogP contribution in [0.3, 0.4) is 0 Å². The van der Waals surface area contributed by atoms with Gasteiger partial charge in [0.1, 0.15) is 24.1 Å². The molecule has 53 heavy (non-hydrogen) atoms. The third-order valence-corrected chi connectivity index (χ3v) is 11.9. The Bertz CT molecular complexity index is 1840. The number of hydrogen-bond donors (Lipinski definition) is 8. The van der Waals surface area contributed by atoms with Crippen LogP contribution in [-0.2, 0) is 27.0 Å². The van der Waals surface area contributed by atoms with Gasteiger partial charge in [-0.2, -0.15) is 0 Å². The largest absolute Gasteiger partial charge is 0.490 e. The number of benzene rings is 2. The van der Waals surface area contributed by atoms with Gasteiger partial charge in [-0.25, -0.2) is 17.9 Å². The molecule has 3 aliphatic rings. The van der Waals surface area contributed by atoms with Crippen molar-refractivity contribution in [3.8, 4) is 16.9 Å². The Morgan fingerprint density at radius 3 is 2.32 bits per heavy atom. The average Bonchev–Trinajstić information content (AvgIpc) is 4.11. The molecular formula is C37H47ClN4O10S. The molecule has 0 bridgehead atoms. The molecule has 14 nitrogen and oxygen atoms in total. The first kappa shape index (κ1) is 39.3. The van der Waals surface area contributed by atoms with E-state index in [4.69, 9.17) is 26.2 Å². The lowest BCUT2D eigenvalue weighted by Gasteiger charge is -2.30. The number of rotatable bonds is 17. The van der Waals surface area contributed by atoms with E-state index in [0.29, 0.717) is 36.3 Å². The number of nitrogens with zero attached hydrogens (tertiary/aromatic N) is 1. The maximum Gasteiger partial charge on any atom is 0.315 e. The summed E-state index contributed by atoms with van der Waals surface area (Å²) in [5, 5.41) is 53.6. The van der Waals surface area contributed by atoms with Gasteiger partial charge >= 0.3 is 6.03 Å². The number of urea groups is 1. The molecule has 1 aromatic heterocycles. The summed E-state index contributed by atoms with van der Waals surface area (Å²) in [6, 6.07) is 13.3. The Balaban J connectivity index is 1.02. The predicted octanol–water partition coefficient (Wildman–Crippen LogP) is 2.47. The highest BCUT2D eigenvalue weighted by molar-refractivity contribution is 7.89. The molecule has 2 amide bonds. The molecule has 0 radical (unpaired) electrons. The first-order valence-corrected chi connectivity index (χ1v) is 19.8. The van der Waals surface area contributed by atoms with Crippen molar-refractivity contribution in [3.63, 3.8) is 0 Å². The maximum absolute atomic E-state index is 13.5. The number of ether oxygens (including phenoxy) is 2. The molecule has 288 valence electrons. The lowest BCUT2D eigenvalue weighted by atomic mass is 9.92. The summed E-state index contributed by atoms with van der Waals surface area (Å²) in [7, 11) is -3.92. The van der Waals surface area contributed by atoms with Gasteiger partial charge in [-0.1, -0.05) is 29.8 Å². The second-order valence-corrected chi connectivity index (χ2v) is 16.2. The molecule has 2 aromatic carbocycles. The molecule has 8 N–H and O–H groups in total. The quantitative estimate of drug-likeness (QED) is 0.0996. The van der Waals surface area contributed by atoms with Crippen LogP contribution >= 0.6 is 11.6 Å². The van der Waals surface area contributed by atoms with E-state index in [9.17, 15) is 33.6 Å². The van der Waals surface area contributed by atoms with Gasteiger partial charge in [-0.15, -0.1) is 0 Å². The van der Waals surface area contributed by atoms with Crippen LogP contribution in [0.4, 0.5) is 4.79 Å². The highest BCUT2D eigenvalue weighted by atomic mass is 35.5. The minimum atomic E-state index is -3.92. The monoisotopic (exact) mass is 774 g/mol. The van der Waals surface area contributed by atoms with Crippen LogP contribution in [0.5, 0.6) is 5.75 Å². The third-order valence-electron chi connectivity index (χ3n) is 10.0. The van der Waals surface area contributed by atoms with E-state index in [0.717, 1.165) is 48.1 Å². The van der Waals surface area contributed by atoms with Crippen LogP contribution in [0.25, 0.3) is 11.1 Å². The fraction of sp³-hybridized carbons (Fsp3) is 0.514. The Hall–Kier alpha value is -3.38. The zero-order chi connectivity index (χ0) is 37.8. The number of nitrogens with one attached hydrogen (secondary N) is 3. The number of aliphatic hydroxyl groups is 5. The standard InChI is InChI=1S/C37H47ClN4O10S/c38-30-12-11-26(53(49,50)42-24-7-5-23(6-8-24)41-36(48)40-19-31(44)34(46)35(47)32(45)20-43)17-22(30)21-51-37(14-15-37)29-18-39-16-13-27(29)28-3-1-2-4-33(28)52-25-9-10-25/h1-4,11-13,16-18,23-25,31-32,34-35,42-47H,5-10,14-15,19-21H2,(H2,40,41,48)/t23?,24?,31-,32+,34+,35+/m0/s1. The number of halogens is 1. The number of aliphatic hydroxyl groups excluding tert-OH is 5. The normalized spacial score (nSPS) is 21.9. The summed E-state index contributed by atoms with van der Waals surface area (Å²) >= 11 is 6.56. The lowest BCUT2D eigenvalue weighted by Crippen LogP contribution is -2.52. The van der Waals surface area contributed by atoms with Gasteiger partial charge in [0.2, 0.25) is 10.0 Å². The Morgan fingerprint density at radius 2 is 1.62 bits per heavy atom. The number of aromatic nitrogens is 1. The fourth-order valence-corrected chi connectivity index (χ4v) is 8.09. The first-order valence-electron chi connectivity index (χ1n) is 17.9. The third kappa shape index (κ3) is 9.84. The zero-order valence-corrected chi connectivity index (χ0v) is 30.7. The van der Waals surface area contributed by atoms with Crippen molar-refractivity contribution in [2.45, 2.75) is 111 Å². The number of hydrogen-bond acceptors (Lipinski definition) is 11. The molecule has 1 heterocycles. The Labute approximate surface area is 313 Å². The van der Waals surface area contributed by atoms with Gasteiger partial charge < -0.3 is 45.6 Å². The van der Waals surface area contributed by atoms with E-state index in [-0.39, 0.29) is 29.7 Å². The Morgan fingerprint density at radius 1 is 0.925 bits per heavy atom. The second kappa shape index (κ2) is 17.0. The molecule has 0 saturated heterocycles. The SMILES string of the molecule is O=C(NC[C@H](O)[C@@H](O)[C@H](O)[C@H](O)CO)NC1CCC(NS(=O)(=O)c2ccc(Cl)c(COC3(c4cnccc4-c4ccccc4OC4CC4)CC3)c2)CC1. The summed E-state index contributed by atoms with van der Waals surface area (Å²) < 4.78 is 42.5. The van der Waals surface area contributed by atoms with E-state index in [1.54, 1.807) is 12.3 Å². The molecule has 0 aliphatic heterocycles. The Kier molecular flexibility index (Phi) is 12.6. The van der Waals surface area contributed by atoms with Crippen LogP contribution < -0.4 is 20.1 Å². The topological polar surface area (TPSA) is 220 Å².